The van der Waals surface area contributed by atoms with Crippen LogP contribution in [0.3, 0.4) is 0 Å². The van der Waals surface area contributed by atoms with Crippen molar-refractivity contribution in [2.75, 3.05) is 6.54 Å². The summed E-state index contributed by atoms with van der Waals surface area (Å²) in [6, 6.07) is 8.46. The molecule has 1 aromatic carbocycles. The average Bonchev–Trinajstić information content (AvgIpc) is 3.01. The molecular weight excluding hydrogens is 440 g/mol. The maximum Gasteiger partial charge on any atom is 0.266 e. The molecule has 0 radical (unpaired) electrons. The van der Waals surface area contributed by atoms with E-state index in [1.165, 1.54) is 17.3 Å². The number of carbonyl (C=O) groups is 1. The Morgan fingerprint density at radius 1 is 1.22 bits per heavy atom. The Labute approximate surface area is 178 Å². The summed E-state index contributed by atoms with van der Waals surface area (Å²) in [4.78, 5) is 15.2. The van der Waals surface area contributed by atoms with E-state index in [4.69, 9.17) is 12.2 Å². The molecule has 1 amide bonds. The lowest BCUT2D eigenvalue weighted by Gasteiger charge is -2.16. The monoisotopic (exact) mass is 462 g/mol. The molecule has 1 aliphatic heterocycles. The molecule has 142 valence electrons. The molecule has 1 aromatic heterocycles. The normalized spacial score (nSPS) is 16.3. The Bertz CT molecular complexity index is 959. The Kier molecular flexibility index (Phi) is 5.99. The van der Waals surface area contributed by atoms with E-state index in [1.807, 2.05) is 6.08 Å². The summed E-state index contributed by atoms with van der Waals surface area (Å²) in [5.74, 6) is 0.403. The van der Waals surface area contributed by atoms with Gasteiger partial charge in [0.05, 0.1) is 4.91 Å². The van der Waals surface area contributed by atoms with Crippen LogP contribution in [0.4, 0.5) is 0 Å². The predicted octanol–water partition coefficient (Wildman–Crippen LogP) is 6.02. The van der Waals surface area contributed by atoms with Crippen LogP contribution in [0.2, 0.25) is 0 Å². The topological polar surface area (TPSA) is 25.2 Å². The van der Waals surface area contributed by atoms with Gasteiger partial charge in [0, 0.05) is 28.1 Å². The predicted molar refractivity (Wildman–Crippen MR) is 122 cm³/mol. The lowest BCUT2D eigenvalue weighted by atomic mass is 10.2. The highest BCUT2D eigenvalue weighted by Gasteiger charge is 2.32. The number of thiocarbonyl (C=S) groups is 1. The fourth-order valence-electron chi connectivity index (χ4n) is 3.26. The quantitative estimate of drug-likeness (QED) is 0.409. The Hall–Kier alpha value is -1.37. The highest BCUT2D eigenvalue weighted by Crippen LogP contribution is 2.34. The van der Waals surface area contributed by atoms with E-state index < -0.39 is 0 Å². The van der Waals surface area contributed by atoms with E-state index in [2.05, 4.69) is 79.4 Å². The largest absolute Gasteiger partial charge is 0.318 e. The molecule has 0 N–H and O–H groups in total. The van der Waals surface area contributed by atoms with Gasteiger partial charge in [-0.15, -0.1) is 0 Å². The molecule has 1 aliphatic rings. The van der Waals surface area contributed by atoms with Gasteiger partial charge in [-0.05, 0) is 68.2 Å². The molecule has 0 aliphatic carbocycles. The molecule has 27 heavy (non-hydrogen) atoms. The van der Waals surface area contributed by atoms with Crippen molar-refractivity contribution in [3.8, 4) is 5.69 Å². The van der Waals surface area contributed by atoms with Crippen molar-refractivity contribution in [2.45, 2.75) is 34.6 Å². The van der Waals surface area contributed by atoms with Crippen molar-refractivity contribution in [1.29, 1.82) is 0 Å². The van der Waals surface area contributed by atoms with Crippen molar-refractivity contribution in [3.63, 3.8) is 0 Å². The second-order valence-corrected chi connectivity index (χ2v) is 9.81. The first kappa shape index (κ1) is 20.4. The van der Waals surface area contributed by atoms with Crippen LogP contribution in [0.25, 0.3) is 11.8 Å². The van der Waals surface area contributed by atoms with Crippen LogP contribution in [0.1, 0.15) is 36.4 Å². The van der Waals surface area contributed by atoms with Crippen LogP contribution < -0.4 is 0 Å². The van der Waals surface area contributed by atoms with Crippen molar-refractivity contribution >= 4 is 56.2 Å². The maximum atomic E-state index is 12.7. The van der Waals surface area contributed by atoms with Gasteiger partial charge in [0.25, 0.3) is 5.91 Å². The molecule has 3 rings (SSSR count). The van der Waals surface area contributed by atoms with Crippen molar-refractivity contribution in [2.24, 2.45) is 5.92 Å². The number of benzene rings is 1. The van der Waals surface area contributed by atoms with Crippen molar-refractivity contribution in [3.05, 3.63) is 56.2 Å². The highest BCUT2D eigenvalue weighted by atomic mass is 79.9. The summed E-state index contributed by atoms with van der Waals surface area (Å²) in [6.07, 6.45) is 1.98. The average molecular weight is 463 g/mol. The van der Waals surface area contributed by atoms with Gasteiger partial charge in [0.15, 0.2) is 0 Å². The summed E-state index contributed by atoms with van der Waals surface area (Å²) in [6.45, 7) is 11.1. The van der Waals surface area contributed by atoms with Gasteiger partial charge in [-0.25, -0.2) is 0 Å². The van der Waals surface area contributed by atoms with Crippen LogP contribution >= 0.6 is 39.9 Å². The molecule has 1 fully saturated rings. The molecular formula is C21H23BrN2OS2. The van der Waals surface area contributed by atoms with Crippen LogP contribution in [-0.2, 0) is 4.79 Å². The molecule has 0 atom stereocenters. The van der Waals surface area contributed by atoms with Crippen molar-refractivity contribution < 1.29 is 4.79 Å². The lowest BCUT2D eigenvalue weighted by Crippen LogP contribution is -2.31. The van der Waals surface area contributed by atoms with Crippen LogP contribution in [0.5, 0.6) is 0 Å². The first-order valence-electron chi connectivity index (χ1n) is 8.90. The summed E-state index contributed by atoms with van der Waals surface area (Å²) in [5.41, 5.74) is 5.62. The third-order valence-corrected chi connectivity index (χ3v) is 6.85. The smallest absolute Gasteiger partial charge is 0.266 e. The number of rotatable bonds is 4. The fourth-order valence-corrected chi connectivity index (χ4v) is 4.78. The minimum atomic E-state index is 0.0167. The number of halogens is 1. The molecule has 6 heteroatoms. The van der Waals surface area contributed by atoms with E-state index in [1.54, 1.807) is 4.90 Å². The van der Waals surface area contributed by atoms with Gasteiger partial charge < -0.3 is 4.57 Å². The van der Waals surface area contributed by atoms with E-state index in [9.17, 15) is 4.79 Å². The van der Waals surface area contributed by atoms with Crippen LogP contribution in [0, 0.1) is 26.7 Å². The standard InChI is InChI=1S/C21H23BrN2OS2/c1-12(2)11-23-20(25)19(27-21(23)26)10-16-9-14(4)24(15(16)5)17-6-7-18(22)13(3)8-17/h6-10,12H,11H2,1-5H3/b19-10-. The first-order valence-corrected chi connectivity index (χ1v) is 10.9. The number of aryl methyl sites for hydroxylation is 2. The number of nitrogens with zero attached hydrogens (tertiary/aromatic N) is 2. The van der Waals surface area contributed by atoms with E-state index in [0.29, 0.717) is 21.7 Å². The number of aromatic nitrogens is 1. The summed E-state index contributed by atoms with van der Waals surface area (Å²) in [5, 5.41) is 0. The Balaban J connectivity index is 1.97. The minimum Gasteiger partial charge on any atom is -0.318 e. The maximum absolute atomic E-state index is 12.7. The number of amides is 1. The molecule has 2 heterocycles. The number of hydrogen-bond acceptors (Lipinski definition) is 3. The zero-order valence-corrected chi connectivity index (χ0v) is 19.4. The van der Waals surface area contributed by atoms with E-state index in [0.717, 1.165) is 27.1 Å². The van der Waals surface area contributed by atoms with E-state index in [-0.39, 0.29) is 5.91 Å². The minimum absolute atomic E-state index is 0.0167. The molecule has 2 aromatic rings. The van der Waals surface area contributed by atoms with Gasteiger partial charge >= 0.3 is 0 Å². The van der Waals surface area contributed by atoms with E-state index >= 15 is 0 Å². The molecule has 0 spiro atoms. The van der Waals surface area contributed by atoms with Gasteiger partial charge in [-0.2, -0.15) is 0 Å². The summed E-state index contributed by atoms with van der Waals surface area (Å²) in [7, 11) is 0. The number of thioether (sulfide) groups is 1. The van der Waals surface area contributed by atoms with Crippen molar-refractivity contribution in [1.82, 2.24) is 9.47 Å². The number of carbonyl (C=O) groups excluding carboxylic acids is 1. The number of hydrogen-bond donors (Lipinski definition) is 0. The lowest BCUT2D eigenvalue weighted by molar-refractivity contribution is -0.122. The van der Waals surface area contributed by atoms with Gasteiger partial charge in [0.1, 0.15) is 4.32 Å². The summed E-state index contributed by atoms with van der Waals surface area (Å²) < 4.78 is 3.97. The third kappa shape index (κ3) is 4.08. The molecule has 1 saturated heterocycles. The molecule has 0 saturated carbocycles. The first-order chi connectivity index (χ1) is 12.7. The molecule has 3 nitrogen and oxygen atoms in total. The van der Waals surface area contributed by atoms with Gasteiger partial charge in [-0.3, -0.25) is 9.69 Å². The Morgan fingerprint density at radius 2 is 1.93 bits per heavy atom. The van der Waals surface area contributed by atoms with Gasteiger partial charge in [0.2, 0.25) is 0 Å². The van der Waals surface area contributed by atoms with Gasteiger partial charge in [-0.1, -0.05) is 53.8 Å². The molecule has 0 bridgehead atoms. The zero-order valence-electron chi connectivity index (χ0n) is 16.2. The fraction of sp³-hybridized carbons (Fsp3) is 0.333. The second-order valence-electron chi connectivity index (χ2n) is 7.28. The SMILES string of the molecule is Cc1cc(-n2c(C)cc(/C=C3\SC(=S)N(CC(C)C)C3=O)c2C)ccc1Br. The molecule has 0 unspecified atom stereocenters. The van der Waals surface area contributed by atoms with Crippen LogP contribution in [-0.4, -0.2) is 26.2 Å². The third-order valence-electron chi connectivity index (χ3n) is 4.58. The zero-order chi connectivity index (χ0) is 19.9. The summed E-state index contributed by atoms with van der Waals surface area (Å²) >= 11 is 10.4. The highest BCUT2D eigenvalue weighted by molar-refractivity contribution is 9.10. The van der Waals surface area contributed by atoms with Crippen LogP contribution in [0.15, 0.2) is 33.6 Å². The Morgan fingerprint density at radius 3 is 2.56 bits per heavy atom. The second kappa shape index (κ2) is 7.94.